The summed E-state index contributed by atoms with van der Waals surface area (Å²) in [6, 6.07) is 0. The van der Waals surface area contributed by atoms with Gasteiger partial charge in [-0.2, -0.15) is 0 Å². The summed E-state index contributed by atoms with van der Waals surface area (Å²) in [5.74, 6) is 0. The number of hydrogen-bond donors (Lipinski definition) is 1. The molecule has 2 N–H and O–H groups in total. The third-order valence-corrected chi connectivity index (χ3v) is 1.45. The van der Waals surface area contributed by atoms with Crippen molar-refractivity contribution >= 4 is 6.09 Å². The first kappa shape index (κ1) is 12.0. The molecule has 76 valence electrons. The van der Waals surface area contributed by atoms with E-state index in [0.29, 0.717) is 13.2 Å². The number of carbonyl (C=O) groups is 1. The van der Waals surface area contributed by atoms with Gasteiger partial charge in [0.15, 0.2) is 0 Å². The topological polar surface area (TPSA) is 61.6 Å². The zero-order valence-corrected chi connectivity index (χ0v) is 7.99. The van der Waals surface area contributed by atoms with Crippen LogP contribution in [0.3, 0.4) is 0 Å². The minimum Gasteiger partial charge on any atom is -0.440 e. The smallest absolute Gasteiger partial charge is 0.405 e. The van der Waals surface area contributed by atoms with Crippen LogP contribution in [-0.4, -0.2) is 25.4 Å². The third-order valence-electron chi connectivity index (χ3n) is 1.45. The van der Waals surface area contributed by atoms with Crippen LogP contribution in [0.25, 0.3) is 0 Å². The minimum atomic E-state index is -0.802. The van der Waals surface area contributed by atoms with Gasteiger partial charge in [-0.15, -0.1) is 0 Å². The van der Waals surface area contributed by atoms with Gasteiger partial charge in [-0.1, -0.05) is 19.9 Å². The molecule has 0 rings (SSSR count). The fourth-order valence-corrected chi connectivity index (χ4v) is 0.745. The third kappa shape index (κ3) is 7.33. The Morgan fingerprint density at radius 2 is 2.38 bits per heavy atom. The second-order valence-electron chi connectivity index (χ2n) is 2.64. The Hall–Kier alpha value is -1.03. The highest BCUT2D eigenvalue weighted by Crippen LogP contribution is 1.96. The predicted molar refractivity (Wildman–Crippen MR) is 50.4 cm³/mol. The van der Waals surface area contributed by atoms with Crippen molar-refractivity contribution < 1.29 is 14.3 Å². The number of hydrogen-bond acceptors (Lipinski definition) is 3. The van der Waals surface area contributed by atoms with E-state index in [9.17, 15) is 4.79 Å². The molecule has 0 aromatic heterocycles. The molecule has 0 saturated heterocycles. The van der Waals surface area contributed by atoms with Gasteiger partial charge < -0.3 is 15.2 Å². The normalized spacial score (nSPS) is 12.1. The molecule has 4 heteroatoms. The molecule has 1 amide bonds. The molecule has 0 heterocycles. The molecule has 0 fully saturated rings. The second kappa shape index (κ2) is 7.61. The van der Waals surface area contributed by atoms with E-state index in [2.05, 4.69) is 18.2 Å². The van der Waals surface area contributed by atoms with Crippen molar-refractivity contribution in [1.29, 1.82) is 0 Å². The van der Waals surface area contributed by atoms with Gasteiger partial charge in [-0.25, -0.2) is 4.79 Å². The van der Waals surface area contributed by atoms with E-state index in [1.807, 2.05) is 0 Å². The Kier molecular flexibility index (Phi) is 7.01. The number of primary amides is 1. The molecule has 0 bridgehead atoms. The Bertz CT molecular complexity index is 159. The van der Waals surface area contributed by atoms with E-state index in [0.717, 1.165) is 12.8 Å². The van der Waals surface area contributed by atoms with Crippen LogP contribution in [0, 0.1) is 0 Å². The van der Waals surface area contributed by atoms with Gasteiger partial charge in [0.1, 0.15) is 6.10 Å². The van der Waals surface area contributed by atoms with Crippen LogP contribution in [0.4, 0.5) is 4.79 Å². The molecule has 0 aliphatic heterocycles. The van der Waals surface area contributed by atoms with Crippen LogP contribution >= 0.6 is 0 Å². The Morgan fingerprint density at radius 1 is 1.69 bits per heavy atom. The molecule has 1 unspecified atom stereocenters. The number of ether oxygens (including phenoxy) is 2. The van der Waals surface area contributed by atoms with E-state index in [1.165, 1.54) is 6.08 Å². The lowest BCUT2D eigenvalue weighted by Crippen LogP contribution is -2.25. The maximum absolute atomic E-state index is 10.4. The lowest BCUT2D eigenvalue weighted by atomic mass is 10.3. The van der Waals surface area contributed by atoms with Gasteiger partial charge in [0.2, 0.25) is 0 Å². The molecule has 1 atom stereocenters. The summed E-state index contributed by atoms with van der Waals surface area (Å²) in [6.45, 7) is 6.57. The number of rotatable bonds is 7. The van der Waals surface area contributed by atoms with Gasteiger partial charge in [0.05, 0.1) is 6.61 Å². The maximum Gasteiger partial charge on any atom is 0.405 e. The van der Waals surface area contributed by atoms with Gasteiger partial charge >= 0.3 is 6.09 Å². The van der Waals surface area contributed by atoms with Crippen molar-refractivity contribution in [3.63, 3.8) is 0 Å². The van der Waals surface area contributed by atoms with Crippen LogP contribution in [0.15, 0.2) is 12.7 Å². The van der Waals surface area contributed by atoms with Gasteiger partial charge in [-0.05, 0) is 12.5 Å². The number of carbonyl (C=O) groups excluding carboxylic acids is 1. The van der Waals surface area contributed by atoms with Crippen LogP contribution in [0.5, 0.6) is 0 Å². The van der Waals surface area contributed by atoms with E-state index >= 15 is 0 Å². The summed E-state index contributed by atoms with van der Waals surface area (Å²) < 4.78 is 9.90. The average Bonchev–Trinajstić information content (AvgIpc) is 2.09. The lowest BCUT2D eigenvalue weighted by Gasteiger charge is -2.12. The summed E-state index contributed by atoms with van der Waals surface area (Å²) in [6.07, 6.45) is 2.34. The molecule has 4 nitrogen and oxygen atoms in total. The SMILES string of the molecule is C=CC(COCCCC)OC(N)=O. The Morgan fingerprint density at radius 3 is 2.85 bits per heavy atom. The van der Waals surface area contributed by atoms with E-state index in [1.54, 1.807) is 0 Å². The van der Waals surface area contributed by atoms with E-state index < -0.39 is 12.2 Å². The molecule has 0 radical (unpaired) electrons. The first-order chi connectivity index (χ1) is 6.20. The summed E-state index contributed by atoms with van der Waals surface area (Å²) in [4.78, 5) is 10.4. The number of amides is 1. The fourth-order valence-electron chi connectivity index (χ4n) is 0.745. The van der Waals surface area contributed by atoms with Gasteiger partial charge in [0, 0.05) is 6.61 Å². The lowest BCUT2D eigenvalue weighted by molar-refractivity contribution is 0.0438. The van der Waals surface area contributed by atoms with Crippen LogP contribution in [-0.2, 0) is 9.47 Å². The molecule has 0 aromatic carbocycles. The van der Waals surface area contributed by atoms with Crippen molar-refractivity contribution in [2.75, 3.05) is 13.2 Å². The summed E-state index contributed by atoms with van der Waals surface area (Å²) in [5, 5.41) is 0. The van der Waals surface area contributed by atoms with E-state index in [-0.39, 0.29) is 0 Å². The van der Waals surface area contributed by atoms with Gasteiger partial charge in [0.25, 0.3) is 0 Å². The summed E-state index contributed by atoms with van der Waals surface area (Å²) >= 11 is 0. The average molecular weight is 187 g/mol. The molecule has 0 saturated carbocycles. The summed E-state index contributed by atoms with van der Waals surface area (Å²) in [5.41, 5.74) is 4.83. The van der Waals surface area contributed by atoms with Crippen molar-refractivity contribution in [3.8, 4) is 0 Å². The van der Waals surface area contributed by atoms with Crippen molar-refractivity contribution in [1.82, 2.24) is 0 Å². The number of unbranched alkanes of at least 4 members (excludes halogenated alkanes) is 1. The summed E-state index contributed by atoms with van der Waals surface area (Å²) in [7, 11) is 0. The predicted octanol–water partition coefficient (Wildman–Crippen LogP) is 1.45. The van der Waals surface area contributed by atoms with Crippen LogP contribution < -0.4 is 5.73 Å². The second-order valence-corrected chi connectivity index (χ2v) is 2.64. The zero-order chi connectivity index (χ0) is 10.1. The monoisotopic (exact) mass is 187 g/mol. The largest absolute Gasteiger partial charge is 0.440 e. The first-order valence-electron chi connectivity index (χ1n) is 4.37. The first-order valence-corrected chi connectivity index (χ1v) is 4.37. The maximum atomic E-state index is 10.4. The standard InChI is InChI=1S/C9H17NO3/c1-3-5-6-12-7-8(4-2)13-9(10)11/h4,8H,2-3,5-7H2,1H3,(H2,10,11). The van der Waals surface area contributed by atoms with Crippen molar-refractivity contribution in [2.45, 2.75) is 25.9 Å². The molecular formula is C9H17NO3. The molecule has 13 heavy (non-hydrogen) atoms. The van der Waals surface area contributed by atoms with Crippen LogP contribution in [0.2, 0.25) is 0 Å². The zero-order valence-electron chi connectivity index (χ0n) is 7.99. The van der Waals surface area contributed by atoms with E-state index in [4.69, 9.17) is 10.5 Å². The fraction of sp³-hybridized carbons (Fsp3) is 0.667. The minimum absolute atomic E-state index is 0.326. The highest BCUT2D eigenvalue weighted by Gasteiger charge is 2.07. The van der Waals surface area contributed by atoms with Crippen molar-refractivity contribution in [2.24, 2.45) is 5.73 Å². The van der Waals surface area contributed by atoms with Gasteiger partial charge in [-0.3, -0.25) is 0 Å². The quantitative estimate of drug-likeness (QED) is 0.484. The molecule has 0 aliphatic rings. The Labute approximate surface area is 78.7 Å². The molecule has 0 aliphatic carbocycles. The molecule has 0 spiro atoms. The van der Waals surface area contributed by atoms with Crippen molar-refractivity contribution in [3.05, 3.63) is 12.7 Å². The highest BCUT2D eigenvalue weighted by molar-refractivity contribution is 5.65. The molecular weight excluding hydrogens is 170 g/mol. The van der Waals surface area contributed by atoms with Crippen LogP contribution in [0.1, 0.15) is 19.8 Å². The Balaban J connectivity index is 3.48. The molecule has 0 aromatic rings. The highest BCUT2D eigenvalue weighted by atomic mass is 16.6. The number of nitrogens with two attached hydrogens (primary N) is 1.